The van der Waals surface area contributed by atoms with E-state index in [0.717, 1.165) is 32.1 Å². The molecule has 9 nitrogen and oxygen atoms in total. The van der Waals surface area contributed by atoms with E-state index in [1.165, 1.54) is 12.8 Å². The number of rotatable bonds is 5. The van der Waals surface area contributed by atoms with Crippen LogP contribution in [0.4, 0.5) is 0 Å². The lowest BCUT2D eigenvalue weighted by Crippen LogP contribution is -2.61. The van der Waals surface area contributed by atoms with Gasteiger partial charge in [0.25, 0.3) is 0 Å². The average molecular weight is 674 g/mol. The second kappa shape index (κ2) is 10.6. The summed E-state index contributed by atoms with van der Waals surface area (Å²) in [6.07, 6.45) is 5.93. The quantitative estimate of drug-likeness (QED) is 0.390. The fourth-order valence-electron chi connectivity index (χ4n) is 14.2. The van der Waals surface area contributed by atoms with Crippen LogP contribution in [0.1, 0.15) is 107 Å². The number of fused-ring (bicyclic) bond motifs is 4. The van der Waals surface area contributed by atoms with Crippen molar-refractivity contribution in [1.29, 1.82) is 0 Å². The molecule has 0 bridgehead atoms. The van der Waals surface area contributed by atoms with Crippen molar-refractivity contribution in [3.8, 4) is 0 Å². The van der Waals surface area contributed by atoms with Gasteiger partial charge in [0.1, 0.15) is 6.10 Å². The fourth-order valence-corrected chi connectivity index (χ4v) is 14.2. The molecule has 8 aliphatic rings. The fraction of sp³-hybridized carbons (Fsp3) is 0.974. The molecule has 48 heavy (non-hydrogen) atoms. The Balaban J connectivity index is 1.01. The Morgan fingerprint density at radius 3 is 2.35 bits per heavy atom. The third-order valence-electron chi connectivity index (χ3n) is 16.8. The molecule has 0 radical (unpaired) electrons. The van der Waals surface area contributed by atoms with Gasteiger partial charge in [0.05, 0.1) is 61.8 Å². The SMILES string of the molecule is C[C@@H]1CC([C@H](O)C(C)(C)O)OC2[C@H]1[C@@]1(C)CCC34C[C@@]35CC[C@H](O[C@H]3CN(C(=O)C6(C)COC6)CCO3)C(C)(C)[C@@H]5CCC4[C@]1(C)[C@H]2O. The maximum atomic E-state index is 13.3. The van der Waals surface area contributed by atoms with Gasteiger partial charge >= 0.3 is 0 Å². The number of amides is 1. The molecule has 3 saturated heterocycles. The highest BCUT2D eigenvalue weighted by atomic mass is 16.7. The molecule has 4 unspecified atom stereocenters. The first-order chi connectivity index (χ1) is 22.4. The van der Waals surface area contributed by atoms with Gasteiger partial charge in [0.15, 0.2) is 6.29 Å². The summed E-state index contributed by atoms with van der Waals surface area (Å²) in [5.74, 6) is 1.65. The largest absolute Gasteiger partial charge is 0.390 e. The molecule has 2 spiro atoms. The summed E-state index contributed by atoms with van der Waals surface area (Å²) in [6, 6.07) is 0. The van der Waals surface area contributed by atoms with Gasteiger partial charge in [-0.15, -0.1) is 0 Å². The predicted octanol–water partition coefficient (Wildman–Crippen LogP) is 4.54. The number of aliphatic hydroxyl groups excluding tert-OH is 2. The predicted molar refractivity (Wildman–Crippen MR) is 179 cm³/mol. The van der Waals surface area contributed by atoms with Crippen molar-refractivity contribution in [2.24, 2.45) is 56.2 Å². The standard InChI is InChI=1S/C39H63NO8/c1-22-17-23(30(41)34(4,5)44)47-29-28(22)36(7)13-14-39-19-38(39)12-11-26(33(2,3)24(38)9-10-25(39)37(36,8)31(29)42)48-27-18-40(15-16-46-27)32(43)35(6)20-45-21-35/h22-31,41-42,44H,9-21H2,1-8H3/t22-,23?,24+,25?,26+,27+,28+,29?,30+,31+,36-,37-,38-,39?/m1/s1. The molecule has 3 N–H and O–H groups in total. The third-order valence-corrected chi connectivity index (χ3v) is 16.8. The summed E-state index contributed by atoms with van der Waals surface area (Å²) in [5, 5.41) is 34.1. The van der Waals surface area contributed by atoms with Crippen LogP contribution >= 0.6 is 0 Å². The highest BCUT2D eigenvalue weighted by Crippen LogP contribution is 2.89. The summed E-state index contributed by atoms with van der Waals surface area (Å²) < 4.78 is 25.0. The molecule has 0 aromatic heterocycles. The highest BCUT2D eigenvalue weighted by Gasteiger charge is 2.84. The summed E-state index contributed by atoms with van der Waals surface area (Å²) in [5.41, 5.74) is -1.52. The van der Waals surface area contributed by atoms with Crippen LogP contribution in [0.2, 0.25) is 0 Å². The van der Waals surface area contributed by atoms with Crippen molar-refractivity contribution in [2.75, 3.05) is 32.9 Å². The van der Waals surface area contributed by atoms with E-state index in [1.54, 1.807) is 13.8 Å². The summed E-state index contributed by atoms with van der Waals surface area (Å²) >= 11 is 0. The number of aliphatic hydroxyl groups is 3. The first-order valence-corrected chi connectivity index (χ1v) is 19.2. The Labute approximate surface area is 287 Å². The number of carbonyl (C=O) groups is 1. The second-order valence-corrected chi connectivity index (χ2v) is 19.9. The van der Waals surface area contributed by atoms with E-state index in [0.29, 0.717) is 51.2 Å². The zero-order chi connectivity index (χ0) is 34.4. The van der Waals surface area contributed by atoms with E-state index in [2.05, 4.69) is 34.6 Å². The van der Waals surface area contributed by atoms with Crippen LogP contribution in [0.15, 0.2) is 0 Å². The number of hydrogen-bond acceptors (Lipinski definition) is 8. The van der Waals surface area contributed by atoms with Crippen LogP contribution in [0.5, 0.6) is 0 Å². The molecule has 5 aliphatic carbocycles. The first kappa shape index (κ1) is 34.3. The van der Waals surface area contributed by atoms with Crippen LogP contribution in [0.25, 0.3) is 0 Å². The maximum Gasteiger partial charge on any atom is 0.233 e. The van der Waals surface area contributed by atoms with Crippen molar-refractivity contribution < 1.29 is 39.1 Å². The smallest absolute Gasteiger partial charge is 0.233 e. The van der Waals surface area contributed by atoms with Crippen molar-refractivity contribution in [1.82, 2.24) is 4.90 Å². The lowest BCUT2D eigenvalue weighted by atomic mass is 9.41. The van der Waals surface area contributed by atoms with Crippen LogP contribution in [-0.4, -0.2) is 101 Å². The number of hydrogen-bond donors (Lipinski definition) is 3. The molecule has 0 aromatic carbocycles. The average Bonchev–Trinajstić information content (AvgIpc) is 3.65. The minimum absolute atomic E-state index is 0.0296. The molecule has 3 heterocycles. The Bertz CT molecular complexity index is 1310. The normalized spacial score (nSPS) is 52.5. The highest BCUT2D eigenvalue weighted by molar-refractivity contribution is 5.83. The molecular formula is C39H63NO8. The molecule has 5 saturated carbocycles. The number of ether oxygens (including phenoxy) is 4. The summed E-state index contributed by atoms with van der Waals surface area (Å²) in [4.78, 5) is 15.2. The van der Waals surface area contributed by atoms with Crippen molar-refractivity contribution in [3.63, 3.8) is 0 Å². The van der Waals surface area contributed by atoms with Gasteiger partial charge in [0.2, 0.25) is 5.91 Å². The molecular weight excluding hydrogens is 610 g/mol. The Hall–Kier alpha value is -0.810. The zero-order valence-corrected chi connectivity index (χ0v) is 30.8. The molecule has 272 valence electrons. The third kappa shape index (κ3) is 4.30. The van der Waals surface area contributed by atoms with Crippen LogP contribution in [0.3, 0.4) is 0 Å². The van der Waals surface area contributed by atoms with Crippen LogP contribution in [0, 0.1) is 56.2 Å². The van der Waals surface area contributed by atoms with Gasteiger partial charge in [-0.3, -0.25) is 4.79 Å². The van der Waals surface area contributed by atoms with E-state index in [4.69, 9.17) is 18.9 Å². The van der Waals surface area contributed by atoms with Crippen LogP contribution in [-0.2, 0) is 23.7 Å². The lowest BCUT2D eigenvalue weighted by molar-refractivity contribution is -0.250. The maximum absolute atomic E-state index is 13.3. The van der Waals surface area contributed by atoms with Gasteiger partial charge in [-0.25, -0.2) is 0 Å². The van der Waals surface area contributed by atoms with E-state index < -0.39 is 35.6 Å². The van der Waals surface area contributed by atoms with E-state index >= 15 is 0 Å². The summed E-state index contributed by atoms with van der Waals surface area (Å²) in [6.45, 7) is 19.8. The molecule has 14 atom stereocenters. The summed E-state index contributed by atoms with van der Waals surface area (Å²) in [7, 11) is 0. The second-order valence-electron chi connectivity index (χ2n) is 19.9. The molecule has 8 fully saturated rings. The molecule has 3 aliphatic heterocycles. The number of carbonyl (C=O) groups excluding carboxylic acids is 1. The van der Waals surface area contributed by atoms with Crippen molar-refractivity contribution in [3.05, 3.63) is 0 Å². The monoisotopic (exact) mass is 673 g/mol. The molecule has 9 heteroatoms. The van der Waals surface area contributed by atoms with Gasteiger partial charge in [-0.2, -0.15) is 0 Å². The Morgan fingerprint density at radius 1 is 1.00 bits per heavy atom. The number of morpholine rings is 1. The van der Waals surface area contributed by atoms with Gasteiger partial charge < -0.3 is 39.2 Å². The van der Waals surface area contributed by atoms with E-state index in [1.807, 2.05) is 11.8 Å². The van der Waals surface area contributed by atoms with E-state index in [-0.39, 0.29) is 57.0 Å². The molecule has 1 amide bonds. The topological polar surface area (TPSA) is 118 Å². The minimum atomic E-state index is -1.26. The van der Waals surface area contributed by atoms with Crippen molar-refractivity contribution >= 4 is 5.91 Å². The number of nitrogens with zero attached hydrogens (tertiary/aromatic N) is 1. The first-order valence-electron chi connectivity index (χ1n) is 19.2. The van der Waals surface area contributed by atoms with Gasteiger partial charge in [-0.1, -0.05) is 34.6 Å². The van der Waals surface area contributed by atoms with Gasteiger partial charge in [0, 0.05) is 12.0 Å². The van der Waals surface area contributed by atoms with Gasteiger partial charge in [-0.05, 0) is 117 Å². The minimum Gasteiger partial charge on any atom is -0.390 e. The molecule has 0 aromatic rings. The Morgan fingerprint density at radius 2 is 1.69 bits per heavy atom. The zero-order valence-electron chi connectivity index (χ0n) is 30.8. The van der Waals surface area contributed by atoms with E-state index in [9.17, 15) is 20.1 Å². The molecule has 8 rings (SSSR count). The van der Waals surface area contributed by atoms with Crippen LogP contribution < -0.4 is 0 Å². The lowest BCUT2D eigenvalue weighted by Gasteiger charge is -2.64. The van der Waals surface area contributed by atoms with Crippen molar-refractivity contribution in [2.45, 2.75) is 149 Å². The Kier molecular flexibility index (Phi) is 7.59.